The summed E-state index contributed by atoms with van der Waals surface area (Å²) in [5, 5.41) is 5.81. The van der Waals surface area contributed by atoms with E-state index in [4.69, 9.17) is 0 Å². The van der Waals surface area contributed by atoms with E-state index in [0.717, 1.165) is 22.4 Å². The van der Waals surface area contributed by atoms with Gasteiger partial charge in [0, 0.05) is 37.4 Å². The lowest BCUT2D eigenvalue weighted by Crippen LogP contribution is -2.49. The van der Waals surface area contributed by atoms with Crippen LogP contribution in [0.15, 0.2) is 60.7 Å². The van der Waals surface area contributed by atoms with Gasteiger partial charge in [-0.05, 0) is 67.4 Å². The van der Waals surface area contributed by atoms with Crippen molar-refractivity contribution >= 4 is 38.7 Å². The second kappa shape index (κ2) is 10.7. The van der Waals surface area contributed by atoms with Crippen molar-refractivity contribution in [3.8, 4) is 0 Å². The summed E-state index contributed by atoms with van der Waals surface area (Å²) in [4.78, 5) is 29.9. The van der Waals surface area contributed by atoms with E-state index in [1.165, 1.54) is 12.1 Å². The van der Waals surface area contributed by atoms with Crippen LogP contribution in [0.1, 0.15) is 27.0 Å². The molecule has 2 heterocycles. The number of rotatable bonds is 6. The fraction of sp³-hybridized carbons (Fsp3) is 0.310. The Bertz CT molecular complexity index is 1520. The molecular formula is C29H31FN4O4S. The number of fused-ring (bicyclic) bond motifs is 1. The zero-order valence-electron chi connectivity index (χ0n) is 21.9. The molecule has 0 aliphatic carbocycles. The minimum atomic E-state index is -3.58. The number of benzene rings is 3. The second-order valence-corrected chi connectivity index (χ2v) is 12.3. The maximum absolute atomic E-state index is 13.2. The molecule has 2 aliphatic rings. The van der Waals surface area contributed by atoms with E-state index in [1.807, 2.05) is 32.0 Å². The molecule has 2 amide bonds. The van der Waals surface area contributed by atoms with Crippen molar-refractivity contribution in [2.24, 2.45) is 0 Å². The largest absolute Gasteiger partial charge is 0.371 e. The summed E-state index contributed by atoms with van der Waals surface area (Å²) in [6, 6.07) is 16.1. The molecule has 1 fully saturated rings. The highest BCUT2D eigenvalue weighted by Crippen LogP contribution is 2.29. The van der Waals surface area contributed by atoms with Crippen molar-refractivity contribution in [3.05, 3.63) is 88.7 Å². The molecule has 3 aromatic carbocycles. The Morgan fingerprint density at radius 3 is 2.38 bits per heavy atom. The van der Waals surface area contributed by atoms with E-state index >= 15 is 0 Å². The van der Waals surface area contributed by atoms with Crippen LogP contribution in [0.2, 0.25) is 0 Å². The summed E-state index contributed by atoms with van der Waals surface area (Å²) in [6.07, 6.45) is 0. The predicted octanol–water partition coefficient (Wildman–Crippen LogP) is 3.75. The van der Waals surface area contributed by atoms with E-state index in [2.05, 4.69) is 15.5 Å². The van der Waals surface area contributed by atoms with Crippen LogP contribution in [0.3, 0.4) is 0 Å². The molecule has 0 radical (unpaired) electrons. The van der Waals surface area contributed by atoms with Crippen molar-refractivity contribution in [3.63, 3.8) is 0 Å². The second-order valence-electron chi connectivity index (χ2n) is 10.2. The number of sulfone groups is 1. The summed E-state index contributed by atoms with van der Waals surface area (Å²) >= 11 is 0. The van der Waals surface area contributed by atoms with Gasteiger partial charge in [-0.2, -0.15) is 0 Å². The van der Waals surface area contributed by atoms with Gasteiger partial charge in [-0.25, -0.2) is 12.8 Å². The van der Waals surface area contributed by atoms with Gasteiger partial charge in [0.05, 0.1) is 22.9 Å². The number of hydrogen-bond acceptors (Lipinski definition) is 6. The Balaban J connectivity index is 1.22. The molecule has 0 bridgehead atoms. The predicted molar refractivity (Wildman–Crippen MR) is 150 cm³/mol. The van der Waals surface area contributed by atoms with Crippen molar-refractivity contribution < 1.29 is 22.4 Å². The van der Waals surface area contributed by atoms with Crippen molar-refractivity contribution in [1.82, 2.24) is 4.90 Å². The topological polar surface area (TPSA) is 98.8 Å². The standard InChI is InChI=1S/C29H31FN4O4S/c1-19-3-4-20(2)22(15-19)17-39(37,38)18-27-28(35)32-26-16-21(5-10-25(26)31-27)29(36)34-13-11-33(12-14-34)24-8-6-23(30)7-9-24/h3-10,15-16,27,31H,11-14,17-18H2,1-2H3,(H,32,35)/t27-/m0/s1. The first kappa shape index (κ1) is 26.7. The molecule has 1 atom stereocenters. The third-order valence-corrected chi connectivity index (χ3v) is 8.82. The van der Waals surface area contributed by atoms with Crippen LogP contribution in [0, 0.1) is 19.7 Å². The molecule has 8 nitrogen and oxygen atoms in total. The lowest BCUT2D eigenvalue weighted by Gasteiger charge is -2.36. The molecule has 0 unspecified atom stereocenters. The quantitative estimate of drug-likeness (QED) is 0.485. The van der Waals surface area contributed by atoms with E-state index in [1.54, 1.807) is 35.2 Å². The average molecular weight is 551 g/mol. The molecule has 39 heavy (non-hydrogen) atoms. The number of nitrogens with one attached hydrogen (secondary N) is 2. The van der Waals surface area contributed by atoms with Crippen molar-refractivity contribution in [2.75, 3.05) is 47.5 Å². The number of aryl methyl sites for hydroxylation is 2. The molecule has 0 saturated carbocycles. The molecule has 2 N–H and O–H groups in total. The Hall–Kier alpha value is -3.92. The molecule has 5 rings (SSSR count). The van der Waals surface area contributed by atoms with Crippen LogP contribution in [0.4, 0.5) is 21.5 Å². The minimum Gasteiger partial charge on any atom is -0.371 e. The lowest BCUT2D eigenvalue weighted by atomic mass is 10.1. The summed E-state index contributed by atoms with van der Waals surface area (Å²) in [7, 11) is -3.58. The molecule has 2 aliphatic heterocycles. The van der Waals surface area contributed by atoms with Crippen LogP contribution < -0.4 is 15.5 Å². The van der Waals surface area contributed by atoms with Crippen LogP contribution in [0.5, 0.6) is 0 Å². The summed E-state index contributed by atoms with van der Waals surface area (Å²) < 4.78 is 39.1. The normalized spacial score (nSPS) is 17.3. The highest BCUT2D eigenvalue weighted by atomic mass is 32.2. The van der Waals surface area contributed by atoms with E-state index in [-0.39, 0.29) is 23.2 Å². The number of anilines is 3. The lowest BCUT2D eigenvalue weighted by molar-refractivity contribution is -0.116. The number of carbonyl (C=O) groups is 2. The monoisotopic (exact) mass is 550 g/mol. The zero-order valence-corrected chi connectivity index (χ0v) is 22.7. The van der Waals surface area contributed by atoms with Gasteiger partial charge in [-0.15, -0.1) is 0 Å². The average Bonchev–Trinajstić information content (AvgIpc) is 2.91. The first-order chi connectivity index (χ1) is 18.6. The SMILES string of the molecule is Cc1ccc(C)c(CS(=O)(=O)C[C@@H]2Nc3ccc(C(=O)N4CCN(c5ccc(F)cc5)CC4)cc3NC2=O)c1. The van der Waals surface area contributed by atoms with Gasteiger partial charge in [-0.1, -0.05) is 23.8 Å². The fourth-order valence-electron chi connectivity index (χ4n) is 5.00. The number of nitrogens with zero attached hydrogens (tertiary/aromatic N) is 2. The van der Waals surface area contributed by atoms with Gasteiger partial charge in [0.1, 0.15) is 11.9 Å². The van der Waals surface area contributed by atoms with Gasteiger partial charge in [0.15, 0.2) is 9.84 Å². The number of halogens is 1. The Morgan fingerprint density at radius 1 is 0.949 bits per heavy atom. The number of hydrogen-bond donors (Lipinski definition) is 2. The summed E-state index contributed by atoms with van der Waals surface area (Å²) in [6.45, 7) is 6.06. The smallest absolute Gasteiger partial charge is 0.254 e. The summed E-state index contributed by atoms with van der Waals surface area (Å²) in [5.74, 6) is -1.37. The highest BCUT2D eigenvalue weighted by molar-refractivity contribution is 7.90. The first-order valence-corrected chi connectivity index (χ1v) is 14.7. The van der Waals surface area contributed by atoms with Crippen LogP contribution in [0.25, 0.3) is 0 Å². The Kier molecular flexibility index (Phi) is 7.31. The van der Waals surface area contributed by atoms with E-state index < -0.39 is 21.8 Å². The highest BCUT2D eigenvalue weighted by Gasteiger charge is 2.31. The minimum absolute atomic E-state index is 0.138. The van der Waals surface area contributed by atoms with Crippen LogP contribution in [-0.2, 0) is 20.4 Å². The Morgan fingerprint density at radius 2 is 1.67 bits per heavy atom. The van der Waals surface area contributed by atoms with Gasteiger partial charge >= 0.3 is 0 Å². The van der Waals surface area contributed by atoms with Gasteiger partial charge in [0.25, 0.3) is 5.91 Å². The maximum atomic E-state index is 13.2. The fourth-order valence-corrected chi connectivity index (χ4v) is 6.65. The van der Waals surface area contributed by atoms with Gasteiger partial charge in [0.2, 0.25) is 5.91 Å². The molecule has 3 aromatic rings. The molecular weight excluding hydrogens is 519 g/mol. The zero-order chi connectivity index (χ0) is 27.7. The van der Waals surface area contributed by atoms with Crippen molar-refractivity contribution in [2.45, 2.75) is 25.6 Å². The van der Waals surface area contributed by atoms with Gasteiger partial charge in [-0.3, -0.25) is 9.59 Å². The first-order valence-electron chi connectivity index (χ1n) is 12.9. The van der Waals surface area contributed by atoms with Gasteiger partial charge < -0.3 is 20.4 Å². The van der Waals surface area contributed by atoms with Crippen LogP contribution >= 0.6 is 0 Å². The molecule has 1 saturated heterocycles. The molecule has 0 aromatic heterocycles. The molecule has 204 valence electrons. The third-order valence-electron chi connectivity index (χ3n) is 7.23. The third kappa shape index (κ3) is 6.06. The molecule has 10 heteroatoms. The van der Waals surface area contributed by atoms with E-state index in [0.29, 0.717) is 43.1 Å². The Labute approximate surface area is 227 Å². The van der Waals surface area contributed by atoms with E-state index in [9.17, 15) is 22.4 Å². The summed E-state index contributed by atoms with van der Waals surface area (Å²) in [5.41, 5.74) is 4.97. The van der Waals surface area contributed by atoms with Crippen LogP contribution in [-0.4, -0.2) is 63.1 Å². The van der Waals surface area contributed by atoms with Crippen molar-refractivity contribution in [1.29, 1.82) is 0 Å². The number of amides is 2. The number of carbonyl (C=O) groups excluding carboxylic acids is 2. The number of piperazine rings is 1. The maximum Gasteiger partial charge on any atom is 0.254 e. The molecule has 0 spiro atoms.